The van der Waals surface area contributed by atoms with Crippen molar-refractivity contribution < 1.29 is 14.7 Å². The fourth-order valence-corrected chi connectivity index (χ4v) is 2.29. The molecule has 20 heavy (non-hydrogen) atoms. The van der Waals surface area contributed by atoms with Crippen LogP contribution in [0.2, 0.25) is 0 Å². The van der Waals surface area contributed by atoms with Crippen LogP contribution in [0.5, 0.6) is 0 Å². The molecule has 0 aliphatic heterocycles. The summed E-state index contributed by atoms with van der Waals surface area (Å²) in [6, 6.07) is 10.1. The Morgan fingerprint density at radius 3 is 2.10 bits per heavy atom. The molecule has 0 unspecified atom stereocenters. The zero-order valence-corrected chi connectivity index (χ0v) is 11.7. The Kier molecular flexibility index (Phi) is 3.70. The molecule has 0 aliphatic rings. The number of aryl methyl sites for hydroxylation is 2. The van der Waals surface area contributed by atoms with E-state index >= 15 is 0 Å². The van der Waals surface area contributed by atoms with Gasteiger partial charge in [-0.2, -0.15) is 0 Å². The fraction of sp³-hybridized carbons (Fsp3) is 0.176. The summed E-state index contributed by atoms with van der Waals surface area (Å²) in [5.74, 6) is -1.33. The minimum atomic E-state index is -1.09. The number of carbonyl (C=O) groups excluding carboxylic acids is 1. The van der Waals surface area contributed by atoms with Gasteiger partial charge in [0, 0.05) is 11.1 Å². The van der Waals surface area contributed by atoms with Crippen molar-refractivity contribution in [3.05, 3.63) is 69.8 Å². The number of benzene rings is 2. The zero-order chi connectivity index (χ0) is 14.9. The molecule has 3 heteroatoms. The maximum atomic E-state index is 12.6. The number of rotatable bonds is 3. The fourth-order valence-electron chi connectivity index (χ4n) is 2.29. The van der Waals surface area contributed by atoms with Gasteiger partial charge in [0.1, 0.15) is 0 Å². The number of carbonyl (C=O) groups is 2. The standard InChI is InChI=1S/C17H16O3/c1-10-8-11(2)12(3)15(9-10)16(18)13-6-4-5-7-14(13)17(19)20/h4-9H,1-3H3,(H,19,20). The van der Waals surface area contributed by atoms with Gasteiger partial charge in [0.15, 0.2) is 5.78 Å². The molecule has 0 atom stereocenters. The Hall–Kier alpha value is -2.42. The maximum absolute atomic E-state index is 12.6. The van der Waals surface area contributed by atoms with Crippen molar-refractivity contribution in [3.8, 4) is 0 Å². The van der Waals surface area contributed by atoms with Crippen LogP contribution in [0.1, 0.15) is 43.0 Å². The number of carboxylic acid groups (broad SMARTS) is 1. The second-order valence-corrected chi connectivity index (χ2v) is 4.93. The summed E-state index contributed by atoms with van der Waals surface area (Å²) < 4.78 is 0. The first kappa shape index (κ1) is 14.0. The molecule has 1 N–H and O–H groups in total. The summed E-state index contributed by atoms with van der Waals surface area (Å²) in [6.45, 7) is 5.75. The van der Waals surface area contributed by atoms with Crippen molar-refractivity contribution >= 4 is 11.8 Å². The highest BCUT2D eigenvalue weighted by Crippen LogP contribution is 2.21. The normalized spacial score (nSPS) is 10.3. The molecular formula is C17H16O3. The lowest BCUT2D eigenvalue weighted by atomic mass is 9.92. The topological polar surface area (TPSA) is 54.4 Å². The molecular weight excluding hydrogens is 252 g/mol. The number of hydrogen-bond acceptors (Lipinski definition) is 2. The molecule has 0 bridgehead atoms. The van der Waals surface area contributed by atoms with Crippen LogP contribution in [0, 0.1) is 20.8 Å². The van der Waals surface area contributed by atoms with Crippen LogP contribution in [-0.4, -0.2) is 16.9 Å². The molecule has 0 spiro atoms. The highest BCUT2D eigenvalue weighted by molar-refractivity contribution is 6.15. The van der Waals surface area contributed by atoms with E-state index in [9.17, 15) is 14.7 Å². The van der Waals surface area contributed by atoms with Crippen molar-refractivity contribution in [2.75, 3.05) is 0 Å². The Balaban J connectivity index is 2.61. The average molecular weight is 268 g/mol. The molecule has 0 saturated heterocycles. The van der Waals surface area contributed by atoms with Crippen LogP contribution < -0.4 is 0 Å². The van der Waals surface area contributed by atoms with Crippen molar-refractivity contribution in [2.45, 2.75) is 20.8 Å². The van der Waals surface area contributed by atoms with E-state index < -0.39 is 5.97 Å². The zero-order valence-electron chi connectivity index (χ0n) is 11.7. The highest BCUT2D eigenvalue weighted by Gasteiger charge is 2.19. The van der Waals surface area contributed by atoms with Gasteiger partial charge in [0.2, 0.25) is 0 Å². The van der Waals surface area contributed by atoms with Crippen LogP contribution >= 0.6 is 0 Å². The monoisotopic (exact) mass is 268 g/mol. The summed E-state index contributed by atoms with van der Waals surface area (Å²) in [4.78, 5) is 23.9. The van der Waals surface area contributed by atoms with Crippen LogP contribution in [0.25, 0.3) is 0 Å². The van der Waals surface area contributed by atoms with Gasteiger partial charge in [0.05, 0.1) is 5.56 Å². The van der Waals surface area contributed by atoms with E-state index in [0.717, 1.165) is 16.7 Å². The Morgan fingerprint density at radius 1 is 0.900 bits per heavy atom. The third-order valence-electron chi connectivity index (χ3n) is 3.46. The molecule has 102 valence electrons. The Labute approximate surface area is 117 Å². The lowest BCUT2D eigenvalue weighted by Crippen LogP contribution is -2.11. The highest BCUT2D eigenvalue weighted by atomic mass is 16.4. The van der Waals surface area contributed by atoms with E-state index in [2.05, 4.69) is 0 Å². The summed E-state index contributed by atoms with van der Waals surface area (Å²) in [7, 11) is 0. The molecule has 0 saturated carbocycles. The predicted octanol–water partition coefficient (Wildman–Crippen LogP) is 3.54. The van der Waals surface area contributed by atoms with Gasteiger partial charge in [-0.15, -0.1) is 0 Å². The first-order valence-corrected chi connectivity index (χ1v) is 6.36. The minimum absolute atomic E-state index is 0.0380. The van der Waals surface area contributed by atoms with Gasteiger partial charge in [-0.25, -0.2) is 4.79 Å². The van der Waals surface area contributed by atoms with Crippen LogP contribution in [0.15, 0.2) is 36.4 Å². The molecule has 0 fully saturated rings. The molecule has 2 aromatic rings. The summed E-state index contributed by atoms with van der Waals surface area (Å²) in [5.41, 5.74) is 3.74. The molecule has 0 aliphatic carbocycles. The van der Waals surface area contributed by atoms with E-state index in [-0.39, 0.29) is 16.9 Å². The second-order valence-electron chi connectivity index (χ2n) is 4.93. The first-order valence-electron chi connectivity index (χ1n) is 6.36. The number of aromatic carboxylic acids is 1. The molecule has 3 nitrogen and oxygen atoms in total. The third-order valence-corrected chi connectivity index (χ3v) is 3.46. The van der Waals surface area contributed by atoms with Crippen LogP contribution in [-0.2, 0) is 0 Å². The average Bonchev–Trinajstić information content (AvgIpc) is 2.42. The van der Waals surface area contributed by atoms with Gasteiger partial charge in [-0.3, -0.25) is 4.79 Å². The van der Waals surface area contributed by atoms with Gasteiger partial charge >= 0.3 is 5.97 Å². The molecule has 2 aromatic carbocycles. The van der Waals surface area contributed by atoms with E-state index in [4.69, 9.17) is 0 Å². The quantitative estimate of drug-likeness (QED) is 0.866. The summed E-state index contributed by atoms with van der Waals surface area (Å²) in [6.07, 6.45) is 0. The minimum Gasteiger partial charge on any atom is -0.478 e. The lowest BCUT2D eigenvalue weighted by molar-refractivity contribution is 0.0693. The van der Waals surface area contributed by atoms with E-state index in [1.54, 1.807) is 18.2 Å². The van der Waals surface area contributed by atoms with Gasteiger partial charge in [0.25, 0.3) is 0 Å². The van der Waals surface area contributed by atoms with E-state index in [0.29, 0.717) is 5.56 Å². The maximum Gasteiger partial charge on any atom is 0.336 e. The summed E-state index contributed by atoms with van der Waals surface area (Å²) >= 11 is 0. The summed E-state index contributed by atoms with van der Waals surface area (Å²) in [5, 5.41) is 9.19. The largest absolute Gasteiger partial charge is 0.478 e. The lowest BCUT2D eigenvalue weighted by Gasteiger charge is -2.11. The molecule has 2 rings (SSSR count). The Morgan fingerprint density at radius 2 is 1.50 bits per heavy atom. The SMILES string of the molecule is Cc1cc(C)c(C)c(C(=O)c2ccccc2C(=O)O)c1. The first-order chi connectivity index (χ1) is 9.41. The molecule has 0 aromatic heterocycles. The molecule has 0 heterocycles. The number of ketones is 1. The molecule has 0 radical (unpaired) electrons. The number of carboxylic acids is 1. The van der Waals surface area contributed by atoms with Crippen LogP contribution in [0.4, 0.5) is 0 Å². The van der Waals surface area contributed by atoms with E-state index in [1.807, 2.05) is 32.9 Å². The molecule has 0 amide bonds. The number of hydrogen-bond donors (Lipinski definition) is 1. The van der Waals surface area contributed by atoms with Crippen molar-refractivity contribution in [1.29, 1.82) is 0 Å². The second kappa shape index (κ2) is 5.29. The van der Waals surface area contributed by atoms with Crippen molar-refractivity contribution in [3.63, 3.8) is 0 Å². The van der Waals surface area contributed by atoms with Crippen molar-refractivity contribution in [2.24, 2.45) is 0 Å². The van der Waals surface area contributed by atoms with Crippen molar-refractivity contribution in [1.82, 2.24) is 0 Å². The van der Waals surface area contributed by atoms with Crippen LogP contribution in [0.3, 0.4) is 0 Å². The third kappa shape index (κ3) is 2.48. The van der Waals surface area contributed by atoms with E-state index in [1.165, 1.54) is 6.07 Å². The Bertz CT molecular complexity index is 699. The van der Waals surface area contributed by atoms with Gasteiger partial charge in [-0.1, -0.05) is 29.8 Å². The van der Waals surface area contributed by atoms with Gasteiger partial charge < -0.3 is 5.11 Å². The van der Waals surface area contributed by atoms with Gasteiger partial charge in [-0.05, 0) is 44.0 Å². The predicted molar refractivity (Wildman–Crippen MR) is 77.5 cm³/mol. The smallest absolute Gasteiger partial charge is 0.336 e.